The number of aromatic nitrogens is 4. The Bertz CT molecular complexity index is 1750. The summed E-state index contributed by atoms with van der Waals surface area (Å²) in [5.41, 5.74) is 0.639. The monoisotopic (exact) mass is 537 g/mol. The third kappa shape index (κ3) is 4.92. The van der Waals surface area contributed by atoms with E-state index in [2.05, 4.69) is 20.4 Å². The number of hydrogen-bond acceptors (Lipinski definition) is 6. The zero-order chi connectivity index (χ0) is 26.1. The van der Waals surface area contributed by atoms with Crippen molar-refractivity contribution in [1.29, 1.82) is 0 Å². The lowest BCUT2D eigenvalue weighted by Gasteiger charge is -2.13. The number of fused-ring (bicyclic) bond motifs is 1. The van der Waals surface area contributed by atoms with Gasteiger partial charge in [-0.15, -0.1) is 0 Å². The van der Waals surface area contributed by atoms with Gasteiger partial charge in [0, 0.05) is 23.6 Å². The first-order chi connectivity index (χ1) is 17.8. The molecule has 0 unspecified atom stereocenters. The van der Waals surface area contributed by atoms with Crippen molar-refractivity contribution in [2.45, 2.75) is 6.54 Å². The van der Waals surface area contributed by atoms with E-state index >= 15 is 0 Å². The van der Waals surface area contributed by atoms with Gasteiger partial charge in [0.25, 0.3) is 11.5 Å². The van der Waals surface area contributed by atoms with E-state index in [1.165, 1.54) is 30.3 Å². The van der Waals surface area contributed by atoms with E-state index in [1.54, 1.807) is 0 Å². The molecule has 2 heterocycles. The van der Waals surface area contributed by atoms with E-state index in [1.807, 2.05) is 30.5 Å². The quantitative estimate of drug-likeness (QED) is 0.256. The molecule has 5 rings (SSSR count). The molecule has 0 bridgehead atoms. The molecule has 37 heavy (non-hydrogen) atoms. The SMILES string of the molecule is O=C(NCc1cccc2[nH]ccc12)c1cc(Oc2c(Cl)cc(-n3ncc(=O)[nH]c3=O)cc2Cl)ccc1O. The van der Waals surface area contributed by atoms with Crippen LogP contribution < -0.4 is 21.3 Å². The number of hydrogen-bond donors (Lipinski definition) is 4. The summed E-state index contributed by atoms with van der Waals surface area (Å²) in [6.07, 6.45) is 2.76. The minimum absolute atomic E-state index is 0.00778. The minimum Gasteiger partial charge on any atom is -0.507 e. The summed E-state index contributed by atoms with van der Waals surface area (Å²) in [5, 5.41) is 17.9. The van der Waals surface area contributed by atoms with E-state index in [-0.39, 0.29) is 45.1 Å². The summed E-state index contributed by atoms with van der Waals surface area (Å²) in [7, 11) is 0. The Kier molecular flexibility index (Phi) is 6.43. The van der Waals surface area contributed by atoms with Crippen LogP contribution in [0.4, 0.5) is 0 Å². The highest BCUT2D eigenvalue weighted by atomic mass is 35.5. The Morgan fingerprint density at radius 2 is 1.86 bits per heavy atom. The molecule has 12 heteroatoms. The molecule has 2 aromatic heterocycles. The Morgan fingerprint density at radius 3 is 2.62 bits per heavy atom. The van der Waals surface area contributed by atoms with Crippen molar-refractivity contribution < 1.29 is 14.6 Å². The molecule has 5 aromatic rings. The molecule has 0 atom stereocenters. The number of aromatic hydroxyl groups is 1. The fourth-order valence-electron chi connectivity index (χ4n) is 3.76. The first kappa shape index (κ1) is 24.2. The van der Waals surface area contributed by atoms with Gasteiger partial charge < -0.3 is 20.1 Å². The van der Waals surface area contributed by atoms with Gasteiger partial charge in [0.15, 0.2) is 5.75 Å². The topological polar surface area (TPSA) is 142 Å². The van der Waals surface area contributed by atoms with Crippen molar-refractivity contribution >= 4 is 40.0 Å². The number of H-pyrrole nitrogens is 2. The third-order valence-electron chi connectivity index (χ3n) is 5.50. The van der Waals surface area contributed by atoms with Gasteiger partial charge in [-0.1, -0.05) is 35.3 Å². The van der Waals surface area contributed by atoms with Crippen LogP contribution in [0.1, 0.15) is 15.9 Å². The number of carbonyl (C=O) groups excluding carboxylic acids is 1. The van der Waals surface area contributed by atoms with E-state index in [9.17, 15) is 19.5 Å². The summed E-state index contributed by atoms with van der Waals surface area (Å²) >= 11 is 12.7. The summed E-state index contributed by atoms with van der Waals surface area (Å²) in [6, 6.07) is 14.5. The minimum atomic E-state index is -0.768. The maximum atomic E-state index is 12.9. The number of ether oxygens (including phenoxy) is 1. The maximum Gasteiger partial charge on any atom is 0.349 e. The maximum absolute atomic E-state index is 12.9. The first-order valence-corrected chi connectivity index (χ1v) is 11.6. The average Bonchev–Trinajstić information content (AvgIpc) is 3.35. The molecule has 0 aliphatic carbocycles. The van der Waals surface area contributed by atoms with Crippen molar-refractivity contribution in [2.24, 2.45) is 0 Å². The molecule has 0 saturated heterocycles. The van der Waals surface area contributed by atoms with E-state index in [0.717, 1.165) is 27.3 Å². The van der Waals surface area contributed by atoms with Crippen molar-refractivity contribution in [3.05, 3.63) is 109 Å². The van der Waals surface area contributed by atoms with Crippen LogP contribution in [0.15, 0.2) is 76.6 Å². The molecular formula is C25H17Cl2N5O5. The van der Waals surface area contributed by atoms with Crippen molar-refractivity contribution in [2.75, 3.05) is 0 Å². The van der Waals surface area contributed by atoms with Crippen LogP contribution in [-0.4, -0.2) is 30.8 Å². The van der Waals surface area contributed by atoms with Crippen LogP contribution in [0.3, 0.4) is 0 Å². The number of aromatic amines is 2. The second-order valence-corrected chi connectivity index (χ2v) is 8.72. The fourth-order valence-corrected chi connectivity index (χ4v) is 4.31. The number of benzene rings is 3. The van der Waals surface area contributed by atoms with E-state index in [0.29, 0.717) is 0 Å². The molecular weight excluding hydrogens is 521 g/mol. The molecule has 1 amide bonds. The largest absolute Gasteiger partial charge is 0.507 e. The van der Waals surface area contributed by atoms with Crippen LogP contribution in [-0.2, 0) is 6.54 Å². The van der Waals surface area contributed by atoms with Crippen LogP contribution in [0, 0.1) is 0 Å². The standard InChI is InChI=1S/C25H17Cl2N5O5/c26-18-8-14(32-25(36)31-22(34)12-30-32)9-19(27)23(18)37-15-4-5-21(33)17(10-15)24(35)29-11-13-2-1-3-20-16(13)6-7-28-20/h1-10,12,28,33H,11H2,(H,29,35)(H,31,34,36). The molecule has 0 spiro atoms. The van der Waals surface area contributed by atoms with Gasteiger partial charge in [0.05, 0.1) is 21.3 Å². The molecule has 0 radical (unpaired) electrons. The van der Waals surface area contributed by atoms with Crippen molar-refractivity contribution in [3.63, 3.8) is 0 Å². The molecule has 3 aromatic carbocycles. The van der Waals surface area contributed by atoms with Crippen LogP contribution in [0.5, 0.6) is 17.2 Å². The van der Waals surface area contributed by atoms with Crippen molar-refractivity contribution in [1.82, 2.24) is 25.1 Å². The molecule has 0 aliphatic heterocycles. The van der Waals surface area contributed by atoms with Gasteiger partial charge in [-0.25, -0.2) is 4.79 Å². The lowest BCUT2D eigenvalue weighted by atomic mass is 10.1. The third-order valence-corrected chi connectivity index (χ3v) is 6.06. The van der Waals surface area contributed by atoms with Gasteiger partial charge in [-0.05, 0) is 48.0 Å². The van der Waals surface area contributed by atoms with Crippen LogP contribution >= 0.6 is 23.2 Å². The Balaban J connectivity index is 1.37. The van der Waals surface area contributed by atoms with Crippen molar-refractivity contribution in [3.8, 4) is 22.9 Å². The molecule has 10 nitrogen and oxygen atoms in total. The second kappa shape index (κ2) is 9.84. The normalized spacial score (nSPS) is 11.0. The lowest BCUT2D eigenvalue weighted by Crippen LogP contribution is -2.30. The Morgan fingerprint density at radius 1 is 1.08 bits per heavy atom. The lowest BCUT2D eigenvalue weighted by molar-refractivity contribution is 0.0948. The number of nitrogens with zero attached hydrogens (tertiary/aromatic N) is 2. The summed E-state index contributed by atoms with van der Waals surface area (Å²) in [6.45, 7) is 0.246. The highest BCUT2D eigenvalue weighted by Crippen LogP contribution is 2.39. The van der Waals surface area contributed by atoms with Gasteiger partial charge in [-0.3, -0.25) is 14.6 Å². The highest BCUT2D eigenvalue weighted by Gasteiger charge is 2.17. The molecule has 0 fully saturated rings. The van der Waals surface area contributed by atoms with E-state index in [4.69, 9.17) is 27.9 Å². The van der Waals surface area contributed by atoms with Gasteiger partial charge in [0.2, 0.25) is 0 Å². The second-order valence-electron chi connectivity index (χ2n) is 7.91. The smallest absolute Gasteiger partial charge is 0.349 e. The number of rotatable bonds is 6. The molecule has 186 valence electrons. The van der Waals surface area contributed by atoms with E-state index < -0.39 is 17.2 Å². The number of amides is 1. The summed E-state index contributed by atoms with van der Waals surface area (Å²) in [4.78, 5) is 41.4. The van der Waals surface area contributed by atoms with Gasteiger partial charge in [-0.2, -0.15) is 9.78 Å². The van der Waals surface area contributed by atoms with Gasteiger partial charge in [0.1, 0.15) is 17.7 Å². The number of halogens is 2. The Labute approximate surface area is 218 Å². The fraction of sp³-hybridized carbons (Fsp3) is 0.0400. The predicted molar refractivity (Wildman–Crippen MR) is 138 cm³/mol. The van der Waals surface area contributed by atoms with Gasteiger partial charge >= 0.3 is 5.69 Å². The number of nitrogens with one attached hydrogen (secondary N) is 3. The zero-order valence-corrected chi connectivity index (χ0v) is 20.3. The summed E-state index contributed by atoms with van der Waals surface area (Å²) < 4.78 is 6.73. The summed E-state index contributed by atoms with van der Waals surface area (Å²) in [5.74, 6) is -0.500. The number of phenolic OH excluding ortho intramolecular Hbond substituents is 1. The predicted octanol–water partition coefficient (Wildman–Crippen LogP) is 4.14. The van der Waals surface area contributed by atoms with Crippen LogP contribution in [0.25, 0.3) is 16.6 Å². The Hall–Kier alpha value is -4.54. The average molecular weight is 538 g/mol. The number of phenols is 1. The first-order valence-electron chi connectivity index (χ1n) is 10.8. The zero-order valence-electron chi connectivity index (χ0n) is 18.8. The van der Waals surface area contributed by atoms with Crippen LogP contribution in [0.2, 0.25) is 10.0 Å². The number of carbonyl (C=O) groups is 1. The molecule has 0 aliphatic rings. The molecule has 0 saturated carbocycles. The molecule has 4 N–H and O–H groups in total. The highest BCUT2D eigenvalue weighted by molar-refractivity contribution is 6.37.